The van der Waals surface area contributed by atoms with E-state index < -0.39 is 0 Å². The largest absolute Gasteiger partial charge is 0.393 e. The molecule has 0 amide bonds. The minimum atomic E-state index is 0.471. The van der Waals surface area contributed by atoms with Crippen molar-refractivity contribution in [2.24, 2.45) is 0 Å². The molecule has 2 rings (SSSR count). The number of aryl methyl sites for hydroxylation is 1. The molecule has 0 spiro atoms. The summed E-state index contributed by atoms with van der Waals surface area (Å²) >= 11 is 0. The van der Waals surface area contributed by atoms with E-state index in [0.717, 1.165) is 0 Å². The number of aromatic nitrogens is 3. The van der Waals surface area contributed by atoms with Crippen molar-refractivity contribution in [1.82, 2.24) is 15.1 Å². The molecule has 2 aromatic heterocycles. The highest BCUT2D eigenvalue weighted by atomic mass is 16.5. The summed E-state index contributed by atoms with van der Waals surface area (Å²) in [6.07, 6.45) is 1.45. The predicted molar refractivity (Wildman–Crippen MR) is 65.3 cm³/mol. The predicted octanol–water partition coefficient (Wildman–Crippen LogP) is 1.16. The SMILES string of the molecule is Cc1cc(Nc2ncnc(N(C)C)c2N)no1. The normalized spacial score (nSPS) is 10.3. The maximum atomic E-state index is 5.95. The molecule has 17 heavy (non-hydrogen) atoms. The zero-order chi connectivity index (χ0) is 12.4. The lowest BCUT2D eigenvalue weighted by Crippen LogP contribution is -2.14. The highest BCUT2D eigenvalue weighted by molar-refractivity contribution is 5.77. The molecular weight excluding hydrogens is 220 g/mol. The molecule has 0 aliphatic heterocycles. The van der Waals surface area contributed by atoms with E-state index in [0.29, 0.717) is 28.9 Å². The Bertz CT molecular complexity index is 521. The maximum Gasteiger partial charge on any atom is 0.175 e. The first-order valence-electron chi connectivity index (χ1n) is 5.06. The number of nitrogens with one attached hydrogen (secondary N) is 1. The van der Waals surface area contributed by atoms with Gasteiger partial charge in [-0.2, -0.15) is 0 Å². The topological polar surface area (TPSA) is 93.1 Å². The van der Waals surface area contributed by atoms with E-state index in [9.17, 15) is 0 Å². The van der Waals surface area contributed by atoms with E-state index in [4.69, 9.17) is 10.3 Å². The van der Waals surface area contributed by atoms with Gasteiger partial charge in [0.25, 0.3) is 0 Å². The summed E-state index contributed by atoms with van der Waals surface area (Å²) in [4.78, 5) is 9.98. The third kappa shape index (κ3) is 2.27. The first-order valence-corrected chi connectivity index (χ1v) is 5.06. The monoisotopic (exact) mass is 234 g/mol. The number of hydrogen-bond acceptors (Lipinski definition) is 7. The number of rotatable bonds is 3. The Kier molecular flexibility index (Phi) is 2.82. The summed E-state index contributed by atoms with van der Waals surface area (Å²) in [6.45, 7) is 1.81. The van der Waals surface area contributed by atoms with E-state index in [1.165, 1.54) is 6.33 Å². The van der Waals surface area contributed by atoms with Gasteiger partial charge in [-0.15, -0.1) is 0 Å². The summed E-state index contributed by atoms with van der Waals surface area (Å²) in [5.74, 6) is 2.45. The molecule has 90 valence electrons. The van der Waals surface area contributed by atoms with Crippen molar-refractivity contribution in [2.45, 2.75) is 6.92 Å². The minimum Gasteiger partial charge on any atom is -0.393 e. The van der Waals surface area contributed by atoms with Crippen LogP contribution in [0.15, 0.2) is 16.9 Å². The van der Waals surface area contributed by atoms with Crippen LogP contribution in [0, 0.1) is 6.92 Å². The molecule has 0 fully saturated rings. The smallest absolute Gasteiger partial charge is 0.175 e. The van der Waals surface area contributed by atoms with Crippen molar-refractivity contribution in [3.8, 4) is 0 Å². The van der Waals surface area contributed by atoms with Crippen LogP contribution in [0.3, 0.4) is 0 Å². The van der Waals surface area contributed by atoms with E-state index >= 15 is 0 Å². The number of anilines is 4. The van der Waals surface area contributed by atoms with Gasteiger partial charge >= 0.3 is 0 Å². The van der Waals surface area contributed by atoms with E-state index in [1.807, 2.05) is 25.9 Å². The lowest BCUT2D eigenvalue weighted by molar-refractivity contribution is 0.400. The fourth-order valence-corrected chi connectivity index (χ4v) is 1.39. The third-order valence-corrected chi connectivity index (χ3v) is 2.16. The van der Waals surface area contributed by atoms with Crippen LogP contribution in [0.4, 0.5) is 23.1 Å². The van der Waals surface area contributed by atoms with Crippen molar-refractivity contribution < 1.29 is 4.52 Å². The average Bonchev–Trinajstić information content (AvgIpc) is 2.67. The molecular formula is C10H14N6O. The highest BCUT2D eigenvalue weighted by Crippen LogP contribution is 2.26. The highest BCUT2D eigenvalue weighted by Gasteiger charge is 2.11. The summed E-state index contributed by atoms with van der Waals surface area (Å²) < 4.78 is 4.95. The molecule has 0 aliphatic carbocycles. The molecule has 0 aromatic carbocycles. The zero-order valence-corrected chi connectivity index (χ0v) is 9.93. The van der Waals surface area contributed by atoms with Gasteiger partial charge in [-0.05, 0) is 6.92 Å². The molecule has 0 aliphatic rings. The maximum absolute atomic E-state index is 5.95. The Morgan fingerprint density at radius 2 is 2.12 bits per heavy atom. The second kappa shape index (κ2) is 4.28. The molecule has 0 atom stereocenters. The number of hydrogen-bond donors (Lipinski definition) is 2. The third-order valence-electron chi connectivity index (χ3n) is 2.16. The number of nitrogens with zero attached hydrogens (tertiary/aromatic N) is 4. The number of nitrogens with two attached hydrogens (primary N) is 1. The molecule has 0 bridgehead atoms. The fourth-order valence-electron chi connectivity index (χ4n) is 1.39. The van der Waals surface area contributed by atoms with Crippen molar-refractivity contribution in [1.29, 1.82) is 0 Å². The van der Waals surface area contributed by atoms with Gasteiger partial charge in [0.15, 0.2) is 17.5 Å². The summed E-state index contributed by atoms with van der Waals surface area (Å²) in [6, 6.07) is 1.76. The Labute approximate surface area is 98.6 Å². The standard InChI is InChI=1S/C10H14N6O/c1-6-4-7(15-17-6)14-9-8(11)10(16(2)3)13-5-12-9/h4-5H,11H2,1-3H3,(H,12,13,14,15). The molecule has 0 unspecified atom stereocenters. The zero-order valence-electron chi connectivity index (χ0n) is 9.93. The van der Waals surface area contributed by atoms with Crippen molar-refractivity contribution in [3.05, 3.63) is 18.2 Å². The van der Waals surface area contributed by atoms with Gasteiger partial charge in [0.2, 0.25) is 0 Å². The molecule has 0 saturated heterocycles. The van der Waals surface area contributed by atoms with Gasteiger partial charge in [0.1, 0.15) is 17.8 Å². The van der Waals surface area contributed by atoms with Crippen LogP contribution in [-0.4, -0.2) is 29.2 Å². The Balaban J connectivity index is 2.30. The summed E-state index contributed by atoms with van der Waals surface area (Å²) in [5.41, 5.74) is 6.42. The molecule has 2 heterocycles. The second-order valence-electron chi connectivity index (χ2n) is 3.80. The quantitative estimate of drug-likeness (QED) is 0.823. The first kappa shape index (κ1) is 11.2. The molecule has 0 saturated carbocycles. The van der Waals surface area contributed by atoms with E-state index in [2.05, 4.69) is 20.4 Å². The van der Waals surface area contributed by atoms with Gasteiger partial charge in [-0.3, -0.25) is 0 Å². The lowest BCUT2D eigenvalue weighted by Gasteiger charge is -2.15. The van der Waals surface area contributed by atoms with Crippen LogP contribution in [0.1, 0.15) is 5.76 Å². The summed E-state index contributed by atoms with van der Waals surface area (Å²) in [5, 5.41) is 6.79. The van der Waals surface area contributed by atoms with Crippen molar-refractivity contribution >= 4 is 23.1 Å². The van der Waals surface area contributed by atoms with Gasteiger partial charge in [-0.1, -0.05) is 5.16 Å². The molecule has 7 nitrogen and oxygen atoms in total. The van der Waals surface area contributed by atoms with Gasteiger partial charge in [-0.25, -0.2) is 9.97 Å². The van der Waals surface area contributed by atoms with Gasteiger partial charge in [0, 0.05) is 20.2 Å². The molecule has 7 heteroatoms. The Hall–Kier alpha value is -2.31. The van der Waals surface area contributed by atoms with Gasteiger partial charge in [0.05, 0.1) is 0 Å². The molecule has 3 N–H and O–H groups in total. The van der Waals surface area contributed by atoms with E-state index in [-0.39, 0.29) is 0 Å². The first-order chi connectivity index (χ1) is 8.08. The summed E-state index contributed by atoms with van der Waals surface area (Å²) in [7, 11) is 3.73. The van der Waals surface area contributed by atoms with Crippen LogP contribution in [0.5, 0.6) is 0 Å². The van der Waals surface area contributed by atoms with Crippen LogP contribution >= 0.6 is 0 Å². The van der Waals surface area contributed by atoms with Crippen molar-refractivity contribution in [3.63, 3.8) is 0 Å². The van der Waals surface area contributed by atoms with Crippen LogP contribution in [0.25, 0.3) is 0 Å². The molecule has 0 radical (unpaired) electrons. The minimum absolute atomic E-state index is 0.471. The fraction of sp³-hybridized carbons (Fsp3) is 0.300. The average molecular weight is 234 g/mol. The van der Waals surface area contributed by atoms with Crippen molar-refractivity contribution in [2.75, 3.05) is 30.0 Å². The van der Waals surface area contributed by atoms with Crippen LogP contribution in [-0.2, 0) is 0 Å². The van der Waals surface area contributed by atoms with Gasteiger partial charge < -0.3 is 20.5 Å². The second-order valence-corrected chi connectivity index (χ2v) is 3.80. The van der Waals surface area contributed by atoms with Crippen LogP contribution < -0.4 is 16.0 Å². The van der Waals surface area contributed by atoms with E-state index in [1.54, 1.807) is 6.07 Å². The van der Waals surface area contributed by atoms with Crippen LogP contribution in [0.2, 0.25) is 0 Å². The lowest BCUT2D eigenvalue weighted by atomic mass is 10.4. The Morgan fingerprint density at radius 1 is 1.35 bits per heavy atom. The Morgan fingerprint density at radius 3 is 2.71 bits per heavy atom. The number of nitrogen functional groups attached to an aromatic ring is 1. The molecule has 2 aromatic rings.